The maximum absolute atomic E-state index is 13.1. The third kappa shape index (κ3) is 4.50. The smallest absolute Gasteiger partial charge is 0.309 e. The summed E-state index contributed by atoms with van der Waals surface area (Å²) in [5.41, 5.74) is 1.05. The van der Waals surface area contributed by atoms with E-state index in [2.05, 4.69) is 10.6 Å². The highest BCUT2D eigenvalue weighted by Crippen LogP contribution is 2.32. The lowest BCUT2D eigenvalue weighted by Crippen LogP contribution is -2.40. The van der Waals surface area contributed by atoms with Gasteiger partial charge in [0.05, 0.1) is 4.90 Å². The first-order chi connectivity index (χ1) is 12.3. The van der Waals surface area contributed by atoms with Crippen LogP contribution in [0, 0.1) is 0 Å². The highest BCUT2D eigenvalue weighted by atomic mass is 32.2. The normalized spacial score (nSPS) is 12.6. The van der Waals surface area contributed by atoms with E-state index in [1.54, 1.807) is 41.8 Å². The van der Waals surface area contributed by atoms with Crippen LogP contribution in [-0.4, -0.2) is 33.8 Å². The Morgan fingerprint density at radius 1 is 1.08 bits per heavy atom. The predicted octanol–water partition coefficient (Wildman–Crippen LogP) is 2.25. The molecule has 2 N–H and O–H groups in total. The molecule has 0 fully saturated rings. The Morgan fingerprint density at radius 3 is 2.23 bits per heavy atom. The fourth-order valence-electron chi connectivity index (χ4n) is 2.42. The van der Waals surface area contributed by atoms with Gasteiger partial charge in [0.25, 0.3) is 0 Å². The minimum absolute atomic E-state index is 0.180. The van der Waals surface area contributed by atoms with Crippen LogP contribution in [0.25, 0.3) is 0 Å². The van der Waals surface area contributed by atoms with Crippen LogP contribution < -0.4 is 10.6 Å². The van der Waals surface area contributed by atoms with Gasteiger partial charge in [-0.2, -0.15) is 0 Å². The van der Waals surface area contributed by atoms with Crippen molar-refractivity contribution in [1.82, 2.24) is 10.6 Å². The molecule has 0 spiro atoms. The highest BCUT2D eigenvalue weighted by Gasteiger charge is 2.31. The fourth-order valence-corrected chi connectivity index (χ4v) is 5.21. The first-order valence-corrected chi connectivity index (χ1v) is 10.6. The fraction of sp³-hybridized carbons (Fsp3) is 0.333. The summed E-state index contributed by atoms with van der Waals surface area (Å²) in [6, 6.07) is 10.2. The Balaban J connectivity index is 2.31. The van der Waals surface area contributed by atoms with Crippen LogP contribution in [0.3, 0.4) is 0 Å². The van der Waals surface area contributed by atoms with E-state index in [4.69, 9.17) is 0 Å². The largest absolute Gasteiger partial charge is 0.351 e. The second-order valence-electron chi connectivity index (χ2n) is 6.06. The molecule has 140 valence electrons. The van der Waals surface area contributed by atoms with Crippen molar-refractivity contribution in [3.63, 3.8) is 0 Å². The van der Waals surface area contributed by atoms with E-state index >= 15 is 0 Å². The lowest BCUT2D eigenvalue weighted by molar-refractivity contribution is -0.138. The molecule has 8 heteroatoms. The van der Waals surface area contributed by atoms with Crippen molar-refractivity contribution >= 4 is 33.0 Å². The zero-order chi connectivity index (χ0) is 19.3. The number of thiophene rings is 1. The number of likely N-dealkylation sites (N-methyl/N-ethyl adjacent to an activating group) is 1. The quantitative estimate of drug-likeness (QED) is 0.735. The number of nitrogens with one attached hydrogen (secondary N) is 2. The summed E-state index contributed by atoms with van der Waals surface area (Å²) in [5, 5.41) is 5.44. The number of amides is 2. The molecule has 0 aliphatic rings. The Bertz CT molecular complexity index is 857. The van der Waals surface area contributed by atoms with Crippen molar-refractivity contribution in [1.29, 1.82) is 0 Å². The van der Waals surface area contributed by atoms with Crippen LogP contribution >= 0.6 is 11.3 Å². The van der Waals surface area contributed by atoms with E-state index < -0.39 is 26.9 Å². The number of hydrogen-bond acceptors (Lipinski definition) is 5. The molecule has 0 unspecified atom stereocenters. The minimum Gasteiger partial charge on any atom is -0.351 e. The van der Waals surface area contributed by atoms with Gasteiger partial charge in [-0.15, -0.1) is 11.3 Å². The van der Waals surface area contributed by atoms with Gasteiger partial charge in [-0.25, -0.2) is 8.42 Å². The van der Waals surface area contributed by atoms with Crippen molar-refractivity contribution in [2.75, 3.05) is 13.6 Å². The molecule has 1 aromatic carbocycles. The molecule has 2 rings (SSSR count). The van der Waals surface area contributed by atoms with Gasteiger partial charge in [-0.05, 0) is 35.1 Å². The molecule has 1 atom stereocenters. The van der Waals surface area contributed by atoms with Crippen LogP contribution in [0.5, 0.6) is 0 Å². The van der Waals surface area contributed by atoms with Crippen molar-refractivity contribution in [3.05, 3.63) is 52.2 Å². The molecule has 0 saturated heterocycles. The van der Waals surface area contributed by atoms with Gasteiger partial charge in [0, 0.05) is 18.5 Å². The summed E-state index contributed by atoms with van der Waals surface area (Å²) in [5.74, 6) is -1.38. The summed E-state index contributed by atoms with van der Waals surface area (Å²) in [6.45, 7) is 3.89. The molecular formula is C18H22N2O4S2. The van der Waals surface area contributed by atoms with Crippen LogP contribution in [0.1, 0.15) is 35.5 Å². The number of sulfone groups is 1. The Labute approximate surface area is 157 Å². The summed E-state index contributed by atoms with van der Waals surface area (Å²) < 4.78 is 26.2. The van der Waals surface area contributed by atoms with Gasteiger partial charge in [0.15, 0.2) is 9.84 Å². The highest BCUT2D eigenvalue weighted by molar-refractivity contribution is 7.91. The number of carbonyl (C=O) groups excluding carboxylic acids is 2. The first-order valence-electron chi connectivity index (χ1n) is 8.14. The van der Waals surface area contributed by atoms with E-state index in [1.165, 1.54) is 18.4 Å². The molecular weight excluding hydrogens is 372 g/mol. The summed E-state index contributed by atoms with van der Waals surface area (Å²) in [4.78, 5) is 23.9. The van der Waals surface area contributed by atoms with Crippen LogP contribution in [0.15, 0.2) is 46.7 Å². The summed E-state index contributed by atoms with van der Waals surface area (Å²) in [7, 11) is -2.39. The standard InChI is InChI=1S/C18H22N2O4S2/c1-12(2)13-6-8-14(9-7-13)26(23,24)16(15-5-4-10-25-15)11-20-18(22)17(21)19-3/h4-10,12,16H,11H2,1-3H3,(H,19,21)(H,20,22)/t16-/m0/s1. The minimum atomic E-state index is -3.73. The number of carbonyl (C=O) groups is 2. The van der Waals surface area contributed by atoms with Gasteiger partial charge < -0.3 is 10.6 Å². The van der Waals surface area contributed by atoms with E-state index in [0.29, 0.717) is 10.8 Å². The molecule has 0 saturated carbocycles. The Morgan fingerprint density at radius 2 is 1.73 bits per heavy atom. The Hall–Kier alpha value is -2.19. The maximum atomic E-state index is 13.1. The first kappa shape index (κ1) is 20.1. The SMILES string of the molecule is CNC(=O)C(=O)NC[C@@H](c1cccs1)S(=O)(=O)c1ccc(C(C)C)cc1. The average molecular weight is 395 g/mol. The molecule has 2 amide bonds. The van der Waals surface area contributed by atoms with Crippen molar-refractivity contribution in [2.45, 2.75) is 29.9 Å². The van der Waals surface area contributed by atoms with Crippen molar-refractivity contribution < 1.29 is 18.0 Å². The zero-order valence-corrected chi connectivity index (χ0v) is 16.5. The molecule has 2 aromatic rings. The second-order valence-corrected chi connectivity index (χ2v) is 9.17. The molecule has 1 aromatic heterocycles. The summed E-state index contributed by atoms with van der Waals surface area (Å²) in [6.07, 6.45) is 0. The van der Waals surface area contributed by atoms with Gasteiger partial charge in [0.1, 0.15) is 5.25 Å². The maximum Gasteiger partial charge on any atom is 0.309 e. The topological polar surface area (TPSA) is 92.3 Å². The lowest BCUT2D eigenvalue weighted by atomic mass is 10.0. The van der Waals surface area contributed by atoms with Gasteiger partial charge in [-0.1, -0.05) is 32.0 Å². The number of benzene rings is 1. The summed E-state index contributed by atoms with van der Waals surface area (Å²) >= 11 is 1.30. The molecule has 0 aliphatic carbocycles. The van der Waals surface area contributed by atoms with E-state index in [0.717, 1.165) is 5.56 Å². The van der Waals surface area contributed by atoms with E-state index in [1.807, 2.05) is 13.8 Å². The monoisotopic (exact) mass is 394 g/mol. The molecule has 0 aliphatic heterocycles. The van der Waals surface area contributed by atoms with E-state index in [9.17, 15) is 18.0 Å². The Kier molecular flexibility index (Phi) is 6.55. The number of hydrogen-bond donors (Lipinski definition) is 2. The molecule has 0 bridgehead atoms. The third-order valence-electron chi connectivity index (χ3n) is 3.99. The molecule has 6 nitrogen and oxygen atoms in total. The predicted molar refractivity (Wildman–Crippen MR) is 102 cm³/mol. The van der Waals surface area contributed by atoms with Crippen LogP contribution in [0.2, 0.25) is 0 Å². The van der Waals surface area contributed by atoms with Gasteiger partial charge >= 0.3 is 11.8 Å². The molecule has 1 heterocycles. The molecule has 0 radical (unpaired) electrons. The number of rotatable bonds is 6. The lowest BCUT2D eigenvalue weighted by Gasteiger charge is -2.18. The van der Waals surface area contributed by atoms with Gasteiger partial charge in [0.2, 0.25) is 0 Å². The van der Waals surface area contributed by atoms with E-state index in [-0.39, 0.29) is 11.4 Å². The average Bonchev–Trinajstić information content (AvgIpc) is 3.15. The zero-order valence-electron chi connectivity index (χ0n) is 14.9. The van der Waals surface area contributed by atoms with Gasteiger partial charge in [-0.3, -0.25) is 9.59 Å². The van der Waals surface area contributed by atoms with Crippen molar-refractivity contribution in [3.8, 4) is 0 Å². The second kappa shape index (κ2) is 8.46. The van der Waals surface area contributed by atoms with Crippen LogP contribution in [-0.2, 0) is 19.4 Å². The van der Waals surface area contributed by atoms with Crippen LogP contribution in [0.4, 0.5) is 0 Å². The van der Waals surface area contributed by atoms with Crippen molar-refractivity contribution in [2.24, 2.45) is 0 Å². The third-order valence-corrected chi connectivity index (χ3v) is 7.23. The molecule has 26 heavy (non-hydrogen) atoms.